The van der Waals surface area contributed by atoms with Gasteiger partial charge in [0, 0.05) is 5.02 Å². The fraction of sp³-hybridized carbons (Fsp3) is 0.133. The van der Waals surface area contributed by atoms with Crippen molar-refractivity contribution < 1.29 is 9.47 Å². The van der Waals surface area contributed by atoms with E-state index in [9.17, 15) is 0 Å². The molecular weight excluding hydrogens is 262 g/mol. The summed E-state index contributed by atoms with van der Waals surface area (Å²) in [4.78, 5) is 0. The Morgan fingerprint density at radius 1 is 1.11 bits per heavy atom. The van der Waals surface area contributed by atoms with Crippen molar-refractivity contribution in [2.45, 2.75) is 6.92 Å². The summed E-state index contributed by atoms with van der Waals surface area (Å²) in [5.41, 5.74) is 0.404. The molecule has 19 heavy (non-hydrogen) atoms. The predicted octanol–water partition coefficient (Wildman–Crippen LogP) is 4.40. The van der Waals surface area contributed by atoms with Gasteiger partial charge in [0.05, 0.1) is 12.2 Å². The molecule has 0 unspecified atom stereocenters. The van der Waals surface area contributed by atoms with Crippen molar-refractivity contribution >= 4 is 11.6 Å². The highest BCUT2D eigenvalue weighted by Crippen LogP contribution is 2.28. The van der Waals surface area contributed by atoms with Crippen LogP contribution < -0.4 is 9.47 Å². The van der Waals surface area contributed by atoms with Gasteiger partial charge < -0.3 is 9.47 Å². The van der Waals surface area contributed by atoms with Crippen molar-refractivity contribution in [2.75, 3.05) is 6.61 Å². The summed E-state index contributed by atoms with van der Waals surface area (Å²) < 4.78 is 11.0. The molecule has 2 aromatic rings. The van der Waals surface area contributed by atoms with Crippen LogP contribution in [-0.2, 0) is 0 Å². The standard InChI is InChI=1S/C15H12ClNO2/c1-2-18-13-4-6-14(7-5-13)19-15-8-3-12(16)9-11(15)10-17/h3-9H,2H2,1H3. The second-order valence-corrected chi connectivity index (χ2v) is 4.20. The molecule has 0 aliphatic heterocycles. The number of nitrogens with zero attached hydrogens (tertiary/aromatic N) is 1. The van der Waals surface area contributed by atoms with Crippen LogP contribution in [0, 0.1) is 11.3 Å². The first-order chi connectivity index (χ1) is 9.22. The predicted molar refractivity (Wildman–Crippen MR) is 73.9 cm³/mol. The fourth-order valence-electron chi connectivity index (χ4n) is 1.58. The highest BCUT2D eigenvalue weighted by molar-refractivity contribution is 6.30. The van der Waals surface area contributed by atoms with E-state index in [0.29, 0.717) is 28.7 Å². The van der Waals surface area contributed by atoms with Crippen LogP contribution in [-0.4, -0.2) is 6.61 Å². The highest BCUT2D eigenvalue weighted by Gasteiger charge is 2.05. The number of hydrogen-bond donors (Lipinski definition) is 0. The molecule has 2 rings (SSSR count). The molecule has 0 aliphatic rings. The third-order valence-electron chi connectivity index (χ3n) is 2.42. The second-order valence-electron chi connectivity index (χ2n) is 3.76. The summed E-state index contributed by atoms with van der Waals surface area (Å²) in [6.07, 6.45) is 0. The maximum Gasteiger partial charge on any atom is 0.145 e. The number of hydrogen-bond acceptors (Lipinski definition) is 3. The third-order valence-corrected chi connectivity index (χ3v) is 2.66. The first-order valence-electron chi connectivity index (χ1n) is 5.83. The Balaban J connectivity index is 2.19. The summed E-state index contributed by atoms with van der Waals surface area (Å²) >= 11 is 5.83. The van der Waals surface area contributed by atoms with E-state index in [1.807, 2.05) is 19.1 Å². The Kier molecular flexibility index (Phi) is 4.27. The highest BCUT2D eigenvalue weighted by atomic mass is 35.5. The topological polar surface area (TPSA) is 42.2 Å². The maximum absolute atomic E-state index is 9.03. The van der Waals surface area contributed by atoms with Gasteiger partial charge in [0.1, 0.15) is 23.3 Å². The lowest BCUT2D eigenvalue weighted by Gasteiger charge is -2.08. The summed E-state index contributed by atoms with van der Waals surface area (Å²) in [6.45, 7) is 2.55. The normalized spacial score (nSPS) is 9.74. The molecule has 0 spiro atoms. The van der Waals surface area contributed by atoms with Crippen LogP contribution in [0.25, 0.3) is 0 Å². The number of rotatable bonds is 4. The van der Waals surface area contributed by atoms with Crippen molar-refractivity contribution in [3.63, 3.8) is 0 Å². The van der Waals surface area contributed by atoms with Crippen molar-refractivity contribution in [1.29, 1.82) is 5.26 Å². The largest absolute Gasteiger partial charge is 0.494 e. The minimum atomic E-state index is 0.404. The molecule has 3 nitrogen and oxygen atoms in total. The zero-order chi connectivity index (χ0) is 13.7. The van der Waals surface area contributed by atoms with Crippen molar-refractivity contribution in [3.05, 3.63) is 53.1 Å². The van der Waals surface area contributed by atoms with Crippen LogP contribution in [0.4, 0.5) is 0 Å². The number of ether oxygens (including phenoxy) is 2. The van der Waals surface area contributed by atoms with Crippen LogP contribution in [0.2, 0.25) is 5.02 Å². The minimum Gasteiger partial charge on any atom is -0.494 e. The van der Waals surface area contributed by atoms with Gasteiger partial charge in [0.2, 0.25) is 0 Å². The Hall–Kier alpha value is -2.18. The summed E-state index contributed by atoms with van der Waals surface area (Å²) in [7, 11) is 0. The van der Waals surface area contributed by atoms with E-state index in [4.69, 9.17) is 26.3 Å². The molecular formula is C15H12ClNO2. The van der Waals surface area contributed by atoms with Gasteiger partial charge in [-0.05, 0) is 49.4 Å². The lowest BCUT2D eigenvalue weighted by molar-refractivity contribution is 0.339. The molecule has 0 saturated heterocycles. The van der Waals surface area contributed by atoms with Gasteiger partial charge in [-0.15, -0.1) is 0 Å². The molecule has 0 heterocycles. The molecule has 2 aromatic carbocycles. The van der Waals surface area contributed by atoms with E-state index in [-0.39, 0.29) is 0 Å². The van der Waals surface area contributed by atoms with Gasteiger partial charge in [-0.3, -0.25) is 0 Å². The van der Waals surface area contributed by atoms with Crippen molar-refractivity contribution in [3.8, 4) is 23.3 Å². The SMILES string of the molecule is CCOc1ccc(Oc2ccc(Cl)cc2C#N)cc1. The molecule has 96 valence electrons. The average molecular weight is 274 g/mol. The van der Waals surface area contributed by atoms with Crippen LogP contribution >= 0.6 is 11.6 Å². The molecule has 0 saturated carbocycles. The number of nitriles is 1. The van der Waals surface area contributed by atoms with Gasteiger partial charge >= 0.3 is 0 Å². The Morgan fingerprint density at radius 3 is 2.42 bits per heavy atom. The zero-order valence-corrected chi connectivity index (χ0v) is 11.1. The van der Waals surface area contributed by atoms with E-state index < -0.39 is 0 Å². The summed E-state index contributed by atoms with van der Waals surface area (Å²) in [5.74, 6) is 1.91. The second kappa shape index (κ2) is 6.12. The molecule has 0 N–H and O–H groups in total. The van der Waals surface area contributed by atoms with E-state index in [0.717, 1.165) is 5.75 Å². The van der Waals surface area contributed by atoms with Gasteiger partial charge in [-0.2, -0.15) is 5.26 Å². The Bertz CT molecular complexity index is 603. The molecule has 0 bridgehead atoms. The lowest BCUT2D eigenvalue weighted by Crippen LogP contribution is -1.92. The van der Waals surface area contributed by atoms with Crippen LogP contribution in [0.3, 0.4) is 0 Å². The molecule has 0 aromatic heterocycles. The Morgan fingerprint density at radius 2 is 1.79 bits per heavy atom. The fourth-order valence-corrected chi connectivity index (χ4v) is 1.75. The molecule has 0 atom stereocenters. The van der Waals surface area contributed by atoms with E-state index in [1.54, 1.807) is 30.3 Å². The first-order valence-corrected chi connectivity index (χ1v) is 6.21. The lowest BCUT2D eigenvalue weighted by atomic mass is 10.2. The number of benzene rings is 2. The molecule has 0 aliphatic carbocycles. The quantitative estimate of drug-likeness (QED) is 0.829. The van der Waals surface area contributed by atoms with Gasteiger partial charge in [0.15, 0.2) is 0 Å². The summed E-state index contributed by atoms with van der Waals surface area (Å²) in [6, 6.07) is 14.2. The third kappa shape index (κ3) is 3.40. The smallest absolute Gasteiger partial charge is 0.145 e. The number of halogens is 1. The van der Waals surface area contributed by atoms with Gasteiger partial charge in [-0.1, -0.05) is 11.6 Å². The van der Waals surface area contributed by atoms with E-state index in [1.165, 1.54) is 0 Å². The average Bonchev–Trinajstić information content (AvgIpc) is 2.43. The molecule has 0 radical (unpaired) electrons. The van der Waals surface area contributed by atoms with Crippen molar-refractivity contribution in [2.24, 2.45) is 0 Å². The van der Waals surface area contributed by atoms with Gasteiger partial charge in [0.25, 0.3) is 0 Å². The minimum absolute atomic E-state index is 0.404. The zero-order valence-electron chi connectivity index (χ0n) is 10.4. The van der Waals surface area contributed by atoms with Crippen LogP contribution in [0.5, 0.6) is 17.2 Å². The van der Waals surface area contributed by atoms with Crippen LogP contribution in [0.15, 0.2) is 42.5 Å². The molecule has 4 heteroatoms. The van der Waals surface area contributed by atoms with E-state index >= 15 is 0 Å². The Labute approximate surface area is 117 Å². The van der Waals surface area contributed by atoms with Crippen molar-refractivity contribution in [1.82, 2.24) is 0 Å². The van der Waals surface area contributed by atoms with Crippen LogP contribution in [0.1, 0.15) is 12.5 Å². The van der Waals surface area contributed by atoms with E-state index in [2.05, 4.69) is 6.07 Å². The molecule has 0 fully saturated rings. The van der Waals surface area contributed by atoms with Gasteiger partial charge in [-0.25, -0.2) is 0 Å². The summed E-state index contributed by atoms with van der Waals surface area (Å²) in [5, 5.41) is 9.54. The first kappa shape index (κ1) is 13.3. The monoisotopic (exact) mass is 273 g/mol. The molecule has 0 amide bonds. The maximum atomic E-state index is 9.03.